The number of carbonyl (C=O) groups excluding carboxylic acids is 1. The highest BCUT2D eigenvalue weighted by Gasteiger charge is 2.35. The molecule has 0 spiro atoms. The molecule has 0 saturated carbocycles. The molecule has 9 nitrogen and oxygen atoms in total. The molecule has 0 radical (unpaired) electrons. The summed E-state index contributed by atoms with van der Waals surface area (Å²) < 4.78 is 5.40. The topological polar surface area (TPSA) is 134 Å². The Hall–Kier alpha value is -2.84. The number of hydrogen-bond acceptors (Lipinski definition) is 8. The van der Waals surface area contributed by atoms with E-state index in [1.165, 1.54) is 0 Å². The Morgan fingerprint density at radius 3 is 2.54 bits per heavy atom. The van der Waals surface area contributed by atoms with E-state index in [2.05, 4.69) is 9.97 Å². The number of rotatable bonds is 5. The van der Waals surface area contributed by atoms with Crippen molar-refractivity contribution in [1.29, 1.82) is 5.41 Å². The highest BCUT2D eigenvalue weighted by Crippen LogP contribution is 2.24. The van der Waals surface area contributed by atoms with E-state index in [0.29, 0.717) is 42.3 Å². The smallest absolute Gasteiger partial charge is 0.410 e. The zero-order chi connectivity index (χ0) is 21.2. The average molecular weight is 390 g/mol. The molecule has 1 saturated heterocycles. The monoisotopic (exact) mass is 389 g/mol. The number of allylic oxidation sites excluding steroid dienone is 2. The second-order valence-corrected chi connectivity index (χ2v) is 8.00. The van der Waals surface area contributed by atoms with Crippen LogP contribution in [0.4, 0.5) is 16.6 Å². The highest BCUT2D eigenvalue weighted by molar-refractivity contribution is 6.09. The minimum atomic E-state index is -0.531. The predicted molar refractivity (Wildman–Crippen MR) is 110 cm³/mol. The van der Waals surface area contributed by atoms with Crippen molar-refractivity contribution in [2.24, 2.45) is 5.73 Å². The van der Waals surface area contributed by atoms with Gasteiger partial charge in [0.2, 0.25) is 5.95 Å². The van der Waals surface area contributed by atoms with Crippen molar-refractivity contribution < 1.29 is 9.53 Å². The number of aromatic nitrogens is 2. The van der Waals surface area contributed by atoms with E-state index >= 15 is 0 Å². The number of carbonyl (C=O) groups is 1. The van der Waals surface area contributed by atoms with E-state index in [0.717, 1.165) is 0 Å². The van der Waals surface area contributed by atoms with Crippen LogP contribution in [0, 0.1) is 5.41 Å². The lowest BCUT2D eigenvalue weighted by atomic mass is 10.0. The minimum Gasteiger partial charge on any atom is -0.444 e. The van der Waals surface area contributed by atoms with Crippen molar-refractivity contribution in [3.63, 3.8) is 0 Å². The van der Waals surface area contributed by atoms with Crippen molar-refractivity contribution in [3.05, 3.63) is 23.0 Å². The highest BCUT2D eigenvalue weighted by atomic mass is 16.6. The Labute approximate surface area is 166 Å². The quantitative estimate of drug-likeness (QED) is 0.657. The molecule has 1 aromatic heterocycles. The van der Waals surface area contributed by atoms with Crippen molar-refractivity contribution in [3.8, 4) is 0 Å². The fraction of sp³-hybridized carbons (Fsp3) is 0.579. The second-order valence-electron chi connectivity index (χ2n) is 8.00. The molecule has 1 fully saturated rings. The molecule has 0 unspecified atom stereocenters. The summed E-state index contributed by atoms with van der Waals surface area (Å²) in [6.07, 6.45) is 0.310. The Kier molecular flexibility index (Phi) is 6.16. The molecule has 28 heavy (non-hydrogen) atoms. The van der Waals surface area contributed by atoms with Gasteiger partial charge in [0.15, 0.2) is 0 Å². The number of ether oxygens (including phenoxy) is 1. The van der Waals surface area contributed by atoms with Crippen LogP contribution in [0.5, 0.6) is 0 Å². The Morgan fingerprint density at radius 1 is 1.39 bits per heavy atom. The van der Waals surface area contributed by atoms with E-state index in [1.807, 2.05) is 32.6 Å². The van der Waals surface area contributed by atoms with E-state index in [4.69, 9.17) is 21.6 Å². The Balaban J connectivity index is 2.10. The third-order valence-corrected chi connectivity index (χ3v) is 4.64. The fourth-order valence-corrected chi connectivity index (χ4v) is 2.73. The summed E-state index contributed by atoms with van der Waals surface area (Å²) in [7, 11) is 1.73. The molecule has 5 N–H and O–H groups in total. The largest absolute Gasteiger partial charge is 0.444 e. The van der Waals surface area contributed by atoms with Crippen molar-refractivity contribution >= 4 is 23.6 Å². The molecule has 9 heteroatoms. The van der Waals surface area contributed by atoms with Crippen LogP contribution >= 0.6 is 0 Å². The summed E-state index contributed by atoms with van der Waals surface area (Å²) in [5, 5.41) is 8.35. The van der Waals surface area contributed by atoms with E-state index < -0.39 is 5.60 Å². The first-order chi connectivity index (χ1) is 12.9. The predicted octanol–water partition coefficient (Wildman–Crippen LogP) is 2.12. The third-order valence-electron chi connectivity index (χ3n) is 4.64. The van der Waals surface area contributed by atoms with E-state index in [1.54, 1.807) is 24.9 Å². The lowest BCUT2D eigenvalue weighted by Crippen LogP contribution is -2.60. The summed E-state index contributed by atoms with van der Waals surface area (Å²) in [4.78, 5) is 24.2. The summed E-state index contributed by atoms with van der Waals surface area (Å²) >= 11 is 0. The number of nitrogens with one attached hydrogen (secondary N) is 1. The number of amides is 1. The molecule has 1 aliphatic heterocycles. The maximum absolute atomic E-state index is 12.2. The molecule has 1 aliphatic rings. The van der Waals surface area contributed by atoms with Gasteiger partial charge in [0.1, 0.15) is 11.4 Å². The minimum absolute atomic E-state index is 0.0197. The van der Waals surface area contributed by atoms with E-state index in [9.17, 15) is 4.79 Å². The van der Waals surface area contributed by atoms with Gasteiger partial charge in [0.05, 0.1) is 17.4 Å². The van der Waals surface area contributed by atoms with Crippen LogP contribution in [0.2, 0.25) is 0 Å². The van der Waals surface area contributed by atoms with Gasteiger partial charge in [0.25, 0.3) is 0 Å². The molecule has 154 valence electrons. The van der Waals surface area contributed by atoms with Crippen LogP contribution < -0.4 is 16.4 Å². The zero-order valence-corrected chi connectivity index (χ0v) is 17.5. The second kappa shape index (κ2) is 8.04. The van der Waals surface area contributed by atoms with Crippen LogP contribution in [0.25, 0.3) is 0 Å². The molecule has 0 bridgehead atoms. The number of anilines is 2. The van der Waals surface area contributed by atoms with Crippen LogP contribution in [0.1, 0.15) is 46.7 Å². The van der Waals surface area contributed by atoms with Crippen molar-refractivity contribution in [2.75, 3.05) is 30.8 Å². The summed E-state index contributed by atoms with van der Waals surface area (Å²) in [5.74, 6) is 0.730. The molecule has 1 amide bonds. The first kappa shape index (κ1) is 21.5. The number of nitrogens with two attached hydrogens (primary N) is 2. The molecule has 2 rings (SSSR count). The maximum Gasteiger partial charge on any atom is 0.410 e. The average Bonchev–Trinajstić information content (AvgIpc) is 2.56. The number of likely N-dealkylation sites (N-methyl/N-ethyl adjacent to an activating group) is 1. The van der Waals surface area contributed by atoms with Gasteiger partial charge >= 0.3 is 6.09 Å². The van der Waals surface area contributed by atoms with Crippen LogP contribution in [0.15, 0.2) is 17.3 Å². The van der Waals surface area contributed by atoms with Crippen LogP contribution in [0.3, 0.4) is 0 Å². The first-order valence-corrected chi connectivity index (χ1v) is 9.32. The van der Waals surface area contributed by atoms with Gasteiger partial charge in [-0.25, -0.2) is 9.78 Å². The standard InChI is InChI=1S/C19H31N7O2/c1-7-13(20)11(2)16(21)14-8-15(24-17(22)23-14)26-9-12(10-26)25(6)18(27)28-19(3,4)5/h8,12,21H,7,9-10,20H2,1-6H3,(H2,22,23,24). The summed E-state index contributed by atoms with van der Waals surface area (Å²) in [6.45, 7) is 10.5. The van der Waals surface area contributed by atoms with Gasteiger partial charge in [-0.05, 0) is 39.7 Å². The van der Waals surface area contributed by atoms with Gasteiger partial charge in [-0.1, -0.05) is 6.92 Å². The molecular formula is C19H31N7O2. The zero-order valence-electron chi connectivity index (χ0n) is 17.5. The van der Waals surface area contributed by atoms with Crippen molar-refractivity contribution in [1.82, 2.24) is 14.9 Å². The van der Waals surface area contributed by atoms with Crippen molar-refractivity contribution in [2.45, 2.75) is 52.7 Å². The van der Waals surface area contributed by atoms with Gasteiger partial charge in [-0.15, -0.1) is 0 Å². The summed E-state index contributed by atoms with van der Waals surface area (Å²) in [6, 6.07) is 1.75. The van der Waals surface area contributed by atoms with Crippen LogP contribution in [-0.2, 0) is 4.74 Å². The molecular weight excluding hydrogens is 358 g/mol. The number of nitrogens with zero attached hydrogens (tertiary/aromatic N) is 4. The van der Waals surface area contributed by atoms with Gasteiger partial charge in [-0.2, -0.15) is 4.98 Å². The lowest BCUT2D eigenvalue weighted by Gasteiger charge is -2.44. The maximum atomic E-state index is 12.2. The summed E-state index contributed by atoms with van der Waals surface area (Å²) in [5.41, 5.74) is 13.3. The Morgan fingerprint density at radius 2 is 2.00 bits per heavy atom. The van der Waals surface area contributed by atoms with Gasteiger partial charge < -0.3 is 26.0 Å². The number of hydrogen-bond donors (Lipinski definition) is 3. The van der Waals surface area contributed by atoms with Gasteiger partial charge in [0, 0.05) is 31.9 Å². The molecule has 0 aliphatic carbocycles. The fourth-order valence-electron chi connectivity index (χ4n) is 2.73. The third kappa shape index (κ3) is 4.90. The normalized spacial score (nSPS) is 15.6. The molecule has 1 aromatic rings. The van der Waals surface area contributed by atoms with E-state index in [-0.39, 0.29) is 23.8 Å². The first-order valence-electron chi connectivity index (χ1n) is 9.32. The molecule has 0 aromatic carbocycles. The molecule has 0 atom stereocenters. The Bertz CT molecular complexity index is 792. The molecule has 2 heterocycles. The number of nitrogen functional groups attached to an aromatic ring is 1. The van der Waals surface area contributed by atoms with Crippen LogP contribution in [-0.4, -0.2) is 58.5 Å². The van der Waals surface area contributed by atoms with Gasteiger partial charge in [-0.3, -0.25) is 5.41 Å². The lowest BCUT2D eigenvalue weighted by molar-refractivity contribution is 0.0196. The SMILES string of the molecule is CCC(N)=C(C)C(=N)c1cc(N2CC(N(C)C(=O)OC(C)(C)C)C2)nc(N)n1.